The smallest absolute Gasteiger partial charge is 0.267 e. The van der Waals surface area contributed by atoms with E-state index in [1.165, 1.54) is 24.6 Å². The second kappa shape index (κ2) is 11.6. The Morgan fingerprint density at radius 2 is 1.16 bits per heavy atom. The Labute approximate surface area is 204 Å². The van der Waals surface area contributed by atoms with Crippen LogP contribution in [0.15, 0.2) is 81.9 Å². The predicted molar refractivity (Wildman–Crippen MR) is 133 cm³/mol. The fourth-order valence-corrected chi connectivity index (χ4v) is 3.07. The Morgan fingerprint density at radius 1 is 0.688 bits per heavy atom. The van der Waals surface area contributed by atoms with Crippen molar-refractivity contribution in [2.75, 3.05) is 0 Å². The first kappa shape index (κ1) is 23.8. The van der Waals surface area contributed by atoms with E-state index in [1.807, 2.05) is 0 Å². The Kier molecular flexibility index (Phi) is 8.64. The lowest BCUT2D eigenvalue weighted by Crippen LogP contribution is -2.32. The molecule has 0 atom stereocenters. The van der Waals surface area contributed by atoms with E-state index in [2.05, 4.69) is 26.0 Å². The summed E-state index contributed by atoms with van der Waals surface area (Å²) in [4.78, 5) is 16.6. The maximum Gasteiger partial charge on any atom is 0.281 e. The summed E-state index contributed by atoms with van der Waals surface area (Å²) in [5.74, 6) is -0.624. The molecule has 0 unspecified atom stereocenters. The van der Waals surface area contributed by atoms with Crippen molar-refractivity contribution in [1.82, 2.24) is 10.9 Å². The van der Waals surface area contributed by atoms with Gasteiger partial charge in [0, 0.05) is 15.1 Å². The number of rotatable bonds is 5. The Balaban J connectivity index is 1.78. The van der Waals surface area contributed by atoms with Crippen LogP contribution in [0.1, 0.15) is 21.5 Å². The topological polar surface area (TPSA) is 78.2 Å². The van der Waals surface area contributed by atoms with Gasteiger partial charge in [0.25, 0.3) is 5.91 Å². The first-order chi connectivity index (χ1) is 15.4. The maximum atomic E-state index is 12.6. The lowest BCUT2D eigenvalue weighted by atomic mass is 10.2. The summed E-state index contributed by atoms with van der Waals surface area (Å²) in [7, 11) is 0. The number of hydrazone groups is 2. The first-order valence-corrected chi connectivity index (χ1v) is 10.6. The van der Waals surface area contributed by atoms with Crippen molar-refractivity contribution in [3.8, 4) is 0 Å². The molecular formula is C22H15Cl4N5O. The summed E-state index contributed by atoms with van der Waals surface area (Å²) in [5, 5.41) is 9.98. The Bertz CT molecular complexity index is 1120. The van der Waals surface area contributed by atoms with E-state index in [0.717, 1.165) is 11.1 Å². The van der Waals surface area contributed by atoms with Crippen molar-refractivity contribution in [2.45, 2.75) is 0 Å². The summed E-state index contributed by atoms with van der Waals surface area (Å²) in [6.45, 7) is 0. The van der Waals surface area contributed by atoms with Gasteiger partial charge in [0.05, 0.1) is 23.0 Å². The van der Waals surface area contributed by atoms with Crippen molar-refractivity contribution in [3.63, 3.8) is 0 Å². The molecule has 0 saturated heterocycles. The van der Waals surface area contributed by atoms with Crippen molar-refractivity contribution < 1.29 is 4.79 Å². The normalized spacial score (nSPS) is 11.0. The number of nitrogens with zero attached hydrogens (tertiary/aromatic N) is 3. The number of benzene rings is 3. The highest BCUT2D eigenvalue weighted by molar-refractivity contribution is 6.37. The van der Waals surface area contributed by atoms with Gasteiger partial charge in [-0.2, -0.15) is 15.2 Å². The first-order valence-electron chi connectivity index (χ1n) is 9.08. The molecule has 0 radical (unpaired) electrons. The van der Waals surface area contributed by atoms with Gasteiger partial charge in [-0.1, -0.05) is 70.7 Å². The average molecular weight is 507 g/mol. The van der Waals surface area contributed by atoms with Gasteiger partial charge in [0.15, 0.2) is 0 Å². The molecule has 0 aliphatic carbocycles. The van der Waals surface area contributed by atoms with E-state index in [1.54, 1.807) is 54.6 Å². The number of amides is 1. The second-order valence-electron chi connectivity index (χ2n) is 6.23. The zero-order chi connectivity index (χ0) is 22.9. The molecule has 0 heterocycles. The summed E-state index contributed by atoms with van der Waals surface area (Å²) in [6, 6.07) is 18.6. The molecule has 1 amide bonds. The van der Waals surface area contributed by atoms with Crippen molar-refractivity contribution in [3.05, 3.63) is 104 Å². The minimum Gasteiger partial charge on any atom is -0.267 e. The average Bonchev–Trinajstić information content (AvgIpc) is 2.76. The molecule has 10 heteroatoms. The van der Waals surface area contributed by atoms with E-state index in [0.29, 0.717) is 15.1 Å². The monoisotopic (exact) mass is 505 g/mol. The number of halogens is 4. The van der Waals surface area contributed by atoms with Crippen LogP contribution in [0.25, 0.3) is 0 Å². The summed E-state index contributed by atoms with van der Waals surface area (Å²) >= 11 is 23.8. The maximum absolute atomic E-state index is 12.6. The number of hydrogen-bond acceptors (Lipinski definition) is 3. The molecule has 0 aliphatic heterocycles. The largest absolute Gasteiger partial charge is 0.281 e. The van der Waals surface area contributed by atoms with Gasteiger partial charge in [0.1, 0.15) is 0 Å². The second-order valence-corrected chi connectivity index (χ2v) is 7.95. The number of carbonyl (C=O) groups excluding carboxylic acids is 1. The van der Waals surface area contributed by atoms with Crippen LogP contribution in [-0.2, 0) is 0 Å². The van der Waals surface area contributed by atoms with Crippen LogP contribution in [0.3, 0.4) is 0 Å². The standard InChI is InChI=1S/C22H15Cl4N5O/c23-16-5-1-14(2-6-16)12-27-30-22(31-28-13-15-3-7-17(24)8-4-15)29-21(32)19-10-9-18(25)11-20(19)26/h1-13H,(H2,29,30,31,32)/b27-12+,28-13+. The van der Waals surface area contributed by atoms with Crippen molar-refractivity contribution in [1.29, 1.82) is 0 Å². The van der Waals surface area contributed by atoms with E-state index in [9.17, 15) is 4.79 Å². The predicted octanol–water partition coefficient (Wildman–Crippen LogP) is 6.04. The highest BCUT2D eigenvalue weighted by Gasteiger charge is 2.11. The van der Waals surface area contributed by atoms with E-state index in [-0.39, 0.29) is 16.5 Å². The lowest BCUT2D eigenvalue weighted by molar-refractivity contribution is 0.100. The molecule has 3 aromatic carbocycles. The quantitative estimate of drug-likeness (QED) is 0.251. The van der Waals surface area contributed by atoms with E-state index in [4.69, 9.17) is 46.4 Å². The highest BCUT2D eigenvalue weighted by atomic mass is 35.5. The van der Waals surface area contributed by atoms with Gasteiger partial charge >= 0.3 is 0 Å². The molecule has 0 aromatic heterocycles. The molecule has 3 rings (SSSR count). The van der Waals surface area contributed by atoms with Crippen LogP contribution < -0.4 is 10.9 Å². The minimum absolute atomic E-state index is 0.0172. The molecule has 0 aliphatic rings. The highest BCUT2D eigenvalue weighted by Crippen LogP contribution is 2.21. The van der Waals surface area contributed by atoms with Crippen LogP contribution in [0.2, 0.25) is 20.1 Å². The van der Waals surface area contributed by atoms with Crippen LogP contribution in [0, 0.1) is 0 Å². The molecule has 0 fully saturated rings. The number of hydrogen-bond donors (Lipinski definition) is 2. The fourth-order valence-electron chi connectivity index (χ4n) is 2.33. The van der Waals surface area contributed by atoms with Crippen LogP contribution >= 0.6 is 46.4 Å². The van der Waals surface area contributed by atoms with E-state index < -0.39 is 5.91 Å². The van der Waals surface area contributed by atoms with Gasteiger partial charge in [-0.05, 0) is 53.6 Å². The van der Waals surface area contributed by atoms with Crippen molar-refractivity contribution >= 4 is 70.7 Å². The number of aliphatic imine (C=N–C) groups is 1. The van der Waals surface area contributed by atoms with Gasteiger partial charge in [-0.3, -0.25) is 4.79 Å². The third-order valence-electron chi connectivity index (χ3n) is 3.88. The van der Waals surface area contributed by atoms with Gasteiger partial charge in [0.2, 0.25) is 5.96 Å². The van der Waals surface area contributed by atoms with Crippen LogP contribution in [0.4, 0.5) is 0 Å². The van der Waals surface area contributed by atoms with Crippen LogP contribution in [0.5, 0.6) is 0 Å². The molecule has 32 heavy (non-hydrogen) atoms. The molecule has 0 spiro atoms. The number of nitrogens with one attached hydrogen (secondary N) is 2. The fraction of sp³-hybridized carbons (Fsp3) is 0. The zero-order valence-corrected chi connectivity index (χ0v) is 19.3. The third kappa shape index (κ3) is 7.35. The molecule has 0 saturated carbocycles. The number of guanidine groups is 1. The zero-order valence-electron chi connectivity index (χ0n) is 16.3. The SMILES string of the molecule is O=C(N=C(N/N=C/c1ccc(Cl)cc1)N/N=C/c1ccc(Cl)cc1)c1ccc(Cl)cc1Cl. The molecule has 6 nitrogen and oxygen atoms in total. The summed E-state index contributed by atoms with van der Waals surface area (Å²) in [5.41, 5.74) is 7.08. The molecule has 162 valence electrons. The summed E-state index contributed by atoms with van der Waals surface area (Å²) in [6.07, 6.45) is 3.08. The molecular weight excluding hydrogens is 492 g/mol. The van der Waals surface area contributed by atoms with Gasteiger partial charge < -0.3 is 0 Å². The van der Waals surface area contributed by atoms with Gasteiger partial charge in [-0.15, -0.1) is 0 Å². The molecule has 3 aromatic rings. The minimum atomic E-state index is -0.606. The lowest BCUT2D eigenvalue weighted by Gasteiger charge is -2.05. The third-order valence-corrected chi connectivity index (χ3v) is 4.93. The Morgan fingerprint density at radius 3 is 1.62 bits per heavy atom. The van der Waals surface area contributed by atoms with Crippen molar-refractivity contribution in [2.24, 2.45) is 15.2 Å². The Hall–Kier alpha value is -2.90. The number of carbonyl (C=O) groups is 1. The molecule has 2 N–H and O–H groups in total. The van der Waals surface area contributed by atoms with E-state index >= 15 is 0 Å². The molecule has 0 bridgehead atoms. The van der Waals surface area contributed by atoms with Crippen LogP contribution in [-0.4, -0.2) is 24.3 Å². The van der Waals surface area contributed by atoms with Gasteiger partial charge in [-0.25, -0.2) is 10.9 Å². The summed E-state index contributed by atoms with van der Waals surface area (Å²) < 4.78 is 0.